The summed E-state index contributed by atoms with van der Waals surface area (Å²) in [5.74, 6) is 0.356. The zero-order chi connectivity index (χ0) is 42.6. The number of benzene rings is 3. The summed E-state index contributed by atoms with van der Waals surface area (Å²) in [4.78, 5) is 26.3. The summed E-state index contributed by atoms with van der Waals surface area (Å²) in [7, 11) is -2.44. The Morgan fingerprint density at radius 2 is 1.80 bits per heavy atom. The quantitative estimate of drug-likeness (QED) is 0.0995. The number of hydrogen-bond donors (Lipinski definition) is 3. The van der Waals surface area contributed by atoms with Gasteiger partial charge in [0.05, 0.1) is 23.3 Å². The molecule has 8 rings (SSSR count). The van der Waals surface area contributed by atoms with E-state index in [0.717, 1.165) is 119 Å². The predicted molar refractivity (Wildman–Crippen MR) is 241 cm³/mol. The van der Waals surface area contributed by atoms with Crippen molar-refractivity contribution in [1.82, 2.24) is 19.6 Å². The molecule has 3 aromatic carbocycles. The molecule has 2 fully saturated rings. The highest BCUT2D eigenvalue weighted by molar-refractivity contribution is 7.90. The number of halogens is 1. The van der Waals surface area contributed by atoms with Gasteiger partial charge in [-0.25, -0.2) is 18.1 Å². The molecule has 12 nitrogen and oxygen atoms in total. The number of H-pyrrole nitrogens is 1. The third-order valence-electron chi connectivity index (χ3n) is 12.4. The first-order valence-corrected chi connectivity index (χ1v) is 23.0. The van der Waals surface area contributed by atoms with E-state index in [2.05, 4.69) is 48.9 Å². The minimum absolute atomic E-state index is 0.00151. The lowest BCUT2D eigenvalue weighted by molar-refractivity contribution is 0.0699. The summed E-state index contributed by atoms with van der Waals surface area (Å²) in [5, 5.41) is 5.04. The number of anilines is 2. The number of aromatic amines is 1. The summed E-state index contributed by atoms with van der Waals surface area (Å²) < 4.78 is 47.2. The van der Waals surface area contributed by atoms with Crippen molar-refractivity contribution in [2.24, 2.45) is 11.3 Å². The largest absolute Gasteiger partial charge is 0.455 e. The molecule has 3 aliphatic rings. The van der Waals surface area contributed by atoms with Crippen LogP contribution < -0.4 is 19.7 Å². The maximum Gasteiger partial charge on any atom is 0.268 e. The first kappa shape index (κ1) is 42.8. The van der Waals surface area contributed by atoms with Crippen molar-refractivity contribution in [1.29, 1.82) is 0 Å². The normalized spacial score (nSPS) is 19.3. The summed E-state index contributed by atoms with van der Waals surface area (Å²) in [6, 6.07) is 22.1. The lowest BCUT2D eigenvalue weighted by Gasteiger charge is -2.40. The van der Waals surface area contributed by atoms with Crippen LogP contribution in [0.4, 0.5) is 11.4 Å². The van der Waals surface area contributed by atoms with Crippen LogP contribution in [0.1, 0.15) is 60.5 Å². The Balaban J connectivity index is 0.990. The van der Waals surface area contributed by atoms with Gasteiger partial charge >= 0.3 is 0 Å². The van der Waals surface area contributed by atoms with Crippen molar-refractivity contribution < 1.29 is 27.4 Å². The molecule has 4 heterocycles. The van der Waals surface area contributed by atoms with E-state index in [1.54, 1.807) is 37.7 Å². The number of aromatic nitrogens is 2. The molecule has 1 atom stereocenters. The van der Waals surface area contributed by atoms with Crippen molar-refractivity contribution in [3.8, 4) is 11.5 Å². The van der Waals surface area contributed by atoms with Crippen LogP contribution in [0.2, 0.25) is 5.02 Å². The van der Waals surface area contributed by atoms with Crippen LogP contribution in [-0.2, 0) is 19.5 Å². The third-order valence-corrected chi connectivity index (χ3v) is 13.9. The molecule has 322 valence electrons. The average Bonchev–Trinajstić information content (AvgIpc) is 3.72. The molecular weight excluding hydrogens is 812 g/mol. The lowest BCUT2D eigenvalue weighted by atomic mass is 9.72. The number of allylic oxidation sites excluding steroid dienone is 1. The van der Waals surface area contributed by atoms with Gasteiger partial charge in [0.15, 0.2) is 0 Å². The number of nitrogens with zero attached hydrogens (tertiary/aromatic N) is 3. The zero-order valence-electron chi connectivity index (χ0n) is 35.1. The number of hydrogen-bond acceptors (Lipinski definition) is 10. The van der Waals surface area contributed by atoms with E-state index in [1.807, 2.05) is 43.3 Å². The fourth-order valence-electron chi connectivity index (χ4n) is 8.90. The number of amides is 1. The van der Waals surface area contributed by atoms with E-state index in [1.165, 1.54) is 22.8 Å². The van der Waals surface area contributed by atoms with Gasteiger partial charge in [0, 0.05) is 93.6 Å². The molecule has 0 spiro atoms. The van der Waals surface area contributed by atoms with Gasteiger partial charge < -0.3 is 29.4 Å². The Morgan fingerprint density at radius 1 is 1.02 bits per heavy atom. The topological polar surface area (TPSA) is 138 Å². The number of ether oxygens (including phenoxy) is 3. The Morgan fingerprint density at radius 3 is 2.56 bits per heavy atom. The summed E-state index contributed by atoms with van der Waals surface area (Å²) >= 11 is 6.26. The van der Waals surface area contributed by atoms with Crippen molar-refractivity contribution in [2.45, 2.75) is 50.8 Å². The van der Waals surface area contributed by atoms with E-state index in [9.17, 15) is 13.2 Å². The number of rotatable bonds is 14. The van der Waals surface area contributed by atoms with E-state index < -0.39 is 15.9 Å². The summed E-state index contributed by atoms with van der Waals surface area (Å²) in [6.07, 6.45) is 8.40. The Hall–Kier alpha value is -4.92. The molecule has 3 N–H and O–H groups in total. The Labute approximate surface area is 363 Å². The number of methoxy groups -OCH3 is 1. The number of sulfonamides is 1. The molecule has 2 aliphatic heterocycles. The summed E-state index contributed by atoms with van der Waals surface area (Å²) in [6.45, 7) is 11.3. The molecule has 1 unspecified atom stereocenters. The zero-order valence-corrected chi connectivity index (χ0v) is 36.7. The van der Waals surface area contributed by atoms with E-state index in [4.69, 9.17) is 25.8 Å². The fraction of sp³-hybridized carbons (Fsp3) is 0.404. The molecule has 14 heteroatoms. The molecule has 1 amide bonds. The van der Waals surface area contributed by atoms with Crippen LogP contribution in [0.15, 0.2) is 95.7 Å². The SMILES string of the molecule is COCC1(C)CCC(c2ccc(Cl)cc2)=C(CN2CCN(c3ccc(C(=O)NS(=O)(=O)c4ccc(NCC5CCOCC5)c(C)c4)c(Oc4cnc5[nH]ccc5c4)c3)CC2)C1. The second-order valence-electron chi connectivity index (χ2n) is 17.0. The van der Waals surface area contributed by atoms with Gasteiger partial charge in [-0.3, -0.25) is 9.69 Å². The van der Waals surface area contributed by atoms with Gasteiger partial charge in [0.2, 0.25) is 0 Å². The minimum Gasteiger partial charge on any atom is -0.455 e. The van der Waals surface area contributed by atoms with Crippen LogP contribution in [-0.4, -0.2) is 95.4 Å². The Kier molecular flexibility index (Phi) is 13.0. The van der Waals surface area contributed by atoms with E-state index in [0.29, 0.717) is 17.3 Å². The van der Waals surface area contributed by atoms with Crippen molar-refractivity contribution in [2.75, 3.05) is 76.4 Å². The van der Waals surface area contributed by atoms with Crippen LogP contribution in [0.3, 0.4) is 0 Å². The van der Waals surface area contributed by atoms with Crippen LogP contribution in [0.5, 0.6) is 11.5 Å². The maximum absolute atomic E-state index is 13.9. The highest BCUT2D eigenvalue weighted by atomic mass is 35.5. The number of carbonyl (C=O) groups is 1. The minimum atomic E-state index is -4.23. The molecule has 5 aromatic rings. The molecule has 0 radical (unpaired) electrons. The smallest absolute Gasteiger partial charge is 0.268 e. The first-order valence-electron chi connectivity index (χ1n) is 21.1. The highest BCUT2D eigenvalue weighted by Crippen LogP contribution is 2.43. The van der Waals surface area contributed by atoms with Gasteiger partial charge in [0.25, 0.3) is 15.9 Å². The van der Waals surface area contributed by atoms with Crippen molar-refractivity contribution in [3.05, 3.63) is 112 Å². The van der Waals surface area contributed by atoms with E-state index >= 15 is 0 Å². The molecule has 1 aliphatic carbocycles. The van der Waals surface area contributed by atoms with Gasteiger partial charge in [-0.15, -0.1) is 0 Å². The first-order chi connectivity index (χ1) is 29.4. The van der Waals surface area contributed by atoms with Crippen molar-refractivity contribution in [3.63, 3.8) is 0 Å². The Bertz CT molecular complexity index is 2490. The van der Waals surface area contributed by atoms with Crippen molar-refractivity contribution >= 4 is 55.5 Å². The van der Waals surface area contributed by atoms with Crippen LogP contribution in [0.25, 0.3) is 16.6 Å². The number of nitrogens with one attached hydrogen (secondary N) is 3. The number of aryl methyl sites for hydroxylation is 1. The third kappa shape index (κ3) is 10.2. The molecule has 61 heavy (non-hydrogen) atoms. The van der Waals surface area contributed by atoms with Gasteiger partial charge in [-0.2, -0.15) is 0 Å². The molecule has 0 saturated carbocycles. The van der Waals surface area contributed by atoms with Gasteiger partial charge in [-0.1, -0.05) is 36.2 Å². The highest BCUT2D eigenvalue weighted by Gasteiger charge is 2.33. The maximum atomic E-state index is 13.9. The number of fused-ring (bicyclic) bond motifs is 1. The molecule has 2 aromatic heterocycles. The monoisotopic (exact) mass is 866 g/mol. The second-order valence-corrected chi connectivity index (χ2v) is 19.1. The lowest BCUT2D eigenvalue weighted by Crippen LogP contribution is -2.47. The molecule has 0 bridgehead atoms. The molecular formula is C47H55ClN6O6S. The number of piperazine rings is 1. The summed E-state index contributed by atoms with van der Waals surface area (Å²) in [5.41, 5.74) is 7.46. The van der Waals surface area contributed by atoms with E-state index in [-0.39, 0.29) is 21.6 Å². The second kappa shape index (κ2) is 18.6. The molecule has 2 saturated heterocycles. The average molecular weight is 868 g/mol. The number of carbonyl (C=O) groups excluding carboxylic acids is 1. The van der Waals surface area contributed by atoms with Crippen LogP contribution >= 0.6 is 11.6 Å². The van der Waals surface area contributed by atoms with Gasteiger partial charge in [0.1, 0.15) is 17.1 Å². The standard InChI is InChI=1S/C47H55ClN6O6S/c1-32-24-40(9-11-43(32)50-28-33-14-22-59-23-15-33)61(56,57)52-46(55)42-10-8-38(26-44(42)60-39-25-35-13-17-49-45(35)51-29-39)54-20-18-53(19-21-54)30-36-27-47(2,31-58-3)16-12-41(36)34-4-6-37(48)7-5-34/h4-11,13,17,24-26,29,33,50H,12,14-16,18-23,27-28,30-31H2,1-3H3,(H,49,51)(H,52,55). The number of pyridine rings is 1. The predicted octanol–water partition coefficient (Wildman–Crippen LogP) is 8.69. The van der Waals surface area contributed by atoms with Gasteiger partial charge in [-0.05, 0) is 122 Å². The van der Waals surface area contributed by atoms with Crippen LogP contribution in [0, 0.1) is 18.3 Å². The fourth-order valence-corrected chi connectivity index (χ4v) is 10.1.